The highest BCUT2D eigenvalue weighted by atomic mass is 127. The molecule has 1 amide bonds. The number of hydrogen-bond donors (Lipinski definition) is 3. The molecule has 0 saturated heterocycles. The Balaban J connectivity index is 2.96. The zero-order valence-electron chi connectivity index (χ0n) is 9.87. The van der Waals surface area contributed by atoms with Crippen LogP contribution in [0.15, 0.2) is 23.4 Å². The number of carbonyl (C=O) groups excluding carboxylic acids is 1. The molecule has 98 valence electrons. The molecule has 0 aliphatic carbocycles. The Bertz CT molecular complexity index is 503. The van der Waals surface area contributed by atoms with Gasteiger partial charge >= 0.3 is 0 Å². The third-order valence-corrected chi connectivity index (χ3v) is 3.24. The molecule has 0 fully saturated rings. The molecule has 4 N–H and O–H groups in total. The molecule has 0 aliphatic heterocycles. The van der Waals surface area contributed by atoms with Gasteiger partial charge in [-0.25, -0.2) is 4.39 Å². The molecule has 5 nitrogen and oxygen atoms in total. The van der Waals surface area contributed by atoms with Gasteiger partial charge in [0.25, 0.3) is 5.91 Å². The van der Waals surface area contributed by atoms with Crippen molar-refractivity contribution in [3.63, 3.8) is 0 Å². The van der Waals surface area contributed by atoms with Crippen molar-refractivity contribution in [2.24, 2.45) is 10.9 Å². The highest BCUT2D eigenvalue weighted by Crippen LogP contribution is 2.15. The highest BCUT2D eigenvalue weighted by molar-refractivity contribution is 14.1. The fourth-order valence-electron chi connectivity index (χ4n) is 1.21. The van der Waals surface area contributed by atoms with Gasteiger partial charge in [-0.3, -0.25) is 4.79 Å². The van der Waals surface area contributed by atoms with E-state index in [0.717, 1.165) is 0 Å². The summed E-state index contributed by atoms with van der Waals surface area (Å²) in [6.45, 7) is 3.19. The number of oxime groups is 1. The average molecular weight is 365 g/mol. The minimum absolute atomic E-state index is 0.118. The van der Waals surface area contributed by atoms with Crippen molar-refractivity contribution in [2.75, 3.05) is 0 Å². The van der Waals surface area contributed by atoms with E-state index in [2.05, 4.69) is 10.5 Å². The Hall–Kier alpha value is -1.38. The van der Waals surface area contributed by atoms with Crippen LogP contribution in [0.4, 0.5) is 4.39 Å². The molecule has 0 spiro atoms. The van der Waals surface area contributed by atoms with E-state index in [9.17, 15) is 9.18 Å². The maximum Gasteiger partial charge on any atom is 0.253 e. The molecule has 0 unspecified atom stereocenters. The number of hydrogen-bond acceptors (Lipinski definition) is 3. The first-order valence-corrected chi connectivity index (χ1v) is 6.11. The fraction of sp³-hybridized carbons (Fsp3) is 0.273. The van der Waals surface area contributed by atoms with Crippen LogP contribution < -0.4 is 11.1 Å². The summed E-state index contributed by atoms with van der Waals surface area (Å²) in [5.74, 6) is -0.949. The van der Waals surface area contributed by atoms with Crippen LogP contribution in [0.2, 0.25) is 0 Å². The van der Waals surface area contributed by atoms with Crippen molar-refractivity contribution >= 4 is 34.3 Å². The molecule has 0 aliphatic rings. The van der Waals surface area contributed by atoms with Gasteiger partial charge in [-0.1, -0.05) is 5.16 Å². The fourth-order valence-corrected chi connectivity index (χ4v) is 1.94. The topological polar surface area (TPSA) is 87.7 Å². The average Bonchev–Trinajstić information content (AvgIpc) is 2.26. The van der Waals surface area contributed by atoms with Crippen molar-refractivity contribution in [3.05, 3.63) is 33.1 Å². The van der Waals surface area contributed by atoms with Gasteiger partial charge in [0.05, 0.1) is 11.1 Å². The largest absolute Gasteiger partial charge is 0.409 e. The zero-order valence-corrected chi connectivity index (χ0v) is 12.0. The van der Waals surface area contributed by atoms with Gasteiger partial charge < -0.3 is 16.3 Å². The summed E-state index contributed by atoms with van der Waals surface area (Å²) in [5, 5.41) is 14.1. The highest BCUT2D eigenvalue weighted by Gasteiger charge is 2.26. The molecular formula is C11H13FIN3O2. The Kier molecular flexibility index (Phi) is 4.49. The standard InChI is InChI=1S/C11H13FIN3O2/c1-11(2,10(14)16-18)15-9(17)7-4-3-6(12)5-8(7)13/h3-5,18H,1-2H3,(H2,14,16)(H,15,17). The molecule has 0 aromatic heterocycles. The van der Waals surface area contributed by atoms with E-state index in [-0.39, 0.29) is 5.84 Å². The molecule has 0 heterocycles. The SMILES string of the molecule is CC(C)(NC(=O)c1ccc(F)cc1I)/C(N)=N/O. The van der Waals surface area contributed by atoms with Crippen LogP contribution in [0.1, 0.15) is 24.2 Å². The van der Waals surface area contributed by atoms with Crippen LogP contribution in [0, 0.1) is 9.39 Å². The van der Waals surface area contributed by atoms with E-state index in [0.29, 0.717) is 9.13 Å². The van der Waals surface area contributed by atoms with Crippen LogP contribution in [-0.4, -0.2) is 22.5 Å². The van der Waals surface area contributed by atoms with E-state index in [4.69, 9.17) is 10.9 Å². The lowest BCUT2D eigenvalue weighted by Crippen LogP contribution is -2.53. The smallest absolute Gasteiger partial charge is 0.253 e. The van der Waals surface area contributed by atoms with Gasteiger partial charge in [0.1, 0.15) is 5.82 Å². The van der Waals surface area contributed by atoms with Crippen molar-refractivity contribution in [3.8, 4) is 0 Å². The molecule has 18 heavy (non-hydrogen) atoms. The van der Waals surface area contributed by atoms with E-state index in [1.54, 1.807) is 13.8 Å². The Morgan fingerprint density at radius 2 is 2.17 bits per heavy atom. The van der Waals surface area contributed by atoms with Crippen LogP contribution in [-0.2, 0) is 0 Å². The van der Waals surface area contributed by atoms with Gasteiger partial charge in [0, 0.05) is 3.57 Å². The number of amidine groups is 1. The molecule has 1 aromatic rings. The summed E-state index contributed by atoms with van der Waals surface area (Å²) in [6, 6.07) is 3.84. The van der Waals surface area contributed by atoms with Crippen molar-refractivity contribution in [1.29, 1.82) is 0 Å². The monoisotopic (exact) mass is 365 g/mol. The first kappa shape index (κ1) is 14.7. The van der Waals surface area contributed by atoms with Crippen molar-refractivity contribution < 1.29 is 14.4 Å². The van der Waals surface area contributed by atoms with Crippen molar-refractivity contribution in [2.45, 2.75) is 19.4 Å². The second-order valence-electron chi connectivity index (χ2n) is 4.19. The quantitative estimate of drug-likeness (QED) is 0.250. The van der Waals surface area contributed by atoms with Crippen LogP contribution in [0.25, 0.3) is 0 Å². The maximum atomic E-state index is 12.9. The van der Waals surface area contributed by atoms with Gasteiger partial charge in [-0.05, 0) is 54.6 Å². The molecule has 7 heteroatoms. The number of rotatable bonds is 3. The normalized spacial score (nSPS) is 12.3. The molecule has 0 bridgehead atoms. The predicted octanol–water partition coefficient (Wildman–Crippen LogP) is 1.69. The maximum absolute atomic E-state index is 12.9. The summed E-state index contributed by atoms with van der Waals surface area (Å²) in [6.07, 6.45) is 0. The Labute approximate surface area is 117 Å². The zero-order chi connectivity index (χ0) is 13.9. The second-order valence-corrected chi connectivity index (χ2v) is 5.35. The van der Waals surface area contributed by atoms with Gasteiger partial charge in [0.2, 0.25) is 0 Å². The first-order chi connectivity index (χ1) is 8.27. The number of nitrogens with one attached hydrogen (secondary N) is 1. The van der Waals surface area contributed by atoms with Gasteiger partial charge in [-0.15, -0.1) is 0 Å². The van der Waals surface area contributed by atoms with E-state index < -0.39 is 17.3 Å². The molecule has 1 aromatic carbocycles. The lowest BCUT2D eigenvalue weighted by atomic mass is 10.0. The van der Waals surface area contributed by atoms with Crippen LogP contribution in [0.5, 0.6) is 0 Å². The molecular weight excluding hydrogens is 352 g/mol. The summed E-state index contributed by atoms with van der Waals surface area (Å²) in [7, 11) is 0. The Morgan fingerprint density at radius 3 is 2.67 bits per heavy atom. The van der Waals surface area contributed by atoms with Crippen LogP contribution in [0.3, 0.4) is 0 Å². The Morgan fingerprint density at radius 1 is 1.56 bits per heavy atom. The minimum Gasteiger partial charge on any atom is -0.409 e. The molecule has 1 rings (SSSR count). The number of nitrogens with two attached hydrogens (primary N) is 1. The summed E-state index contributed by atoms with van der Waals surface area (Å²) < 4.78 is 13.4. The molecule has 0 radical (unpaired) electrons. The van der Waals surface area contributed by atoms with E-state index in [1.807, 2.05) is 22.6 Å². The molecule has 0 atom stereocenters. The van der Waals surface area contributed by atoms with E-state index >= 15 is 0 Å². The summed E-state index contributed by atoms with van der Waals surface area (Å²) in [5.41, 5.74) is 4.80. The van der Waals surface area contributed by atoms with Crippen molar-refractivity contribution in [1.82, 2.24) is 5.32 Å². The van der Waals surface area contributed by atoms with Crippen LogP contribution >= 0.6 is 22.6 Å². The van der Waals surface area contributed by atoms with E-state index in [1.165, 1.54) is 18.2 Å². The lowest BCUT2D eigenvalue weighted by Gasteiger charge is -2.24. The number of benzene rings is 1. The third-order valence-electron chi connectivity index (χ3n) is 2.35. The third kappa shape index (κ3) is 3.31. The number of halogens is 2. The summed E-state index contributed by atoms with van der Waals surface area (Å²) in [4.78, 5) is 12.0. The second kappa shape index (κ2) is 5.51. The number of amides is 1. The first-order valence-electron chi connectivity index (χ1n) is 5.03. The number of nitrogens with zero attached hydrogens (tertiary/aromatic N) is 1. The predicted molar refractivity (Wildman–Crippen MR) is 74.1 cm³/mol. The molecule has 0 saturated carbocycles. The lowest BCUT2D eigenvalue weighted by molar-refractivity contribution is 0.0930. The summed E-state index contributed by atoms with van der Waals surface area (Å²) >= 11 is 1.87. The minimum atomic E-state index is -0.997. The van der Waals surface area contributed by atoms with Gasteiger partial charge in [0.15, 0.2) is 5.84 Å². The van der Waals surface area contributed by atoms with Gasteiger partial charge in [-0.2, -0.15) is 0 Å². The number of carbonyl (C=O) groups is 1.